The van der Waals surface area contributed by atoms with Gasteiger partial charge in [0.15, 0.2) is 0 Å². The van der Waals surface area contributed by atoms with Crippen molar-refractivity contribution < 1.29 is 4.79 Å². The highest BCUT2D eigenvalue weighted by atomic mass is 35.5. The fourth-order valence-electron chi connectivity index (χ4n) is 2.42. The largest absolute Gasteiger partial charge is 0.384 e. The molecule has 4 nitrogen and oxygen atoms in total. The fourth-order valence-corrected chi connectivity index (χ4v) is 2.61. The van der Waals surface area contributed by atoms with Crippen LogP contribution in [-0.2, 0) is 0 Å². The van der Waals surface area contributed by atoms with Crippen molar-refractivity contribution in [3.8, 4) is 0 Å². The minimum atomic E-state index is -0.238. The molecule has 3 unspecified atom stereocenters. The van der Waals surface area contributed by atoms with Gasteiger partial charge in [0.1, 0.15) is 11.5 Å². The average Bonchev–Trinajstić information content (AvgIpc) is 2.64. The van der Waals surface area contributed by atoms with E-state index in [2.05, 4.69) is 24.1 Å². The first-order valence-corrected chi connectivity index (χ1v) is 6.59. The normalized spacial score (nSPS) is 27.2. The number of anilines is 1. The van der Waals surface area contributed by atoms with E-state index in [9.17, 15) is 4.79 Å². The molecule has 0 aromatic carbocycles. The van der Waals surface area contributed by atoms with Crippen LogP contribution in [0, 0.1) is 11.8 Å². The van der Waals surface area contributed by atoms with Crippen LogP contribution < -0.4 is 11.1 Å². The maximum absolute atomic E-state index is 12.1. The van der Waals surface area contributed by atoms with Gasteiger partial charge in [-0.15, -0.1) is 0 Å². The van der Waals surface area contributed by atoms with Crippen molar-refractivity contribution in [3.63, 3.8) is 0 Å². The predicted octanol–water partition coefficient (Wildman–Crippen LogP) is 2.48. The van der Waals surface area contributed by atoms with Gasteiger partial charge in [-0.25, -0.2) is 4.98 Å². The number of nitrogens with one attached hydrogen (secondary N) is 1. The van der Waals surface area contributed by atoms with Crippen LogP contribution in [0.4, 0.5) is 5.82 Å². The molecule has 18 heavy (non-hydrogen) atoms. The number of aromatic nitrogens is 1. The topological polar surface area (TPSA) is 68.0 Å². The molecule has 0 aliphatic heterocycles. The maximum Gasteiger partial charge on any atom is 0.271 e. The summed E-state index contributed by atoms with van der Waals surface area (Å²) in [5.74, 6) is 1.18. The second-order valence-electron chi connectivity index (χ2n) is 5.06. The Kier molecular flexibility index (Phi) is 3.76. The molecule has 1 heterocycles. The molecule has 1 amide bonds. The number of halogens is 1. The summed E-state index contributed by atoms with van der Waals surface area (Å²) >= 11 is 5.96. The first-order chi connectivity index (χ1) is 8.49. The fraction of sp³-hybridized carbons (Fsp3) is 0.538. The lowest BCUT2D eigenvalue weighted by Gasteiger charge is -2.19. The summed E-state index contributed by atoms with van der Waals surface area (Å²) in [6.45, 7) is 4.37. The van der Waals surface area contributed by atoms with Crippen LogP contribution in [0.15, 0.2) is 12.1 Å². The van der Waals surface area contributed by atoms with Gasteiger partial charge in [0.05, 0.1) is 5.02 Å². The van der Waals surface area contributed by atoms with Gasteiger partial charge in [0.2, 0.25) is 0 Å². The van der Waals surface area contributed by atoms with Gasteiger partial charge in [-0.2, -0.15) is 0 Å². The Hall–Kier alpha value is -1.29. The molecule has 0 bridgehead atoms. The predicted molar refractivity (Wildman–Crippen MR) is 72.5 cm³/mol. The van der Waals surface area contributed by atoms with Crippen molar-refractivity contribution in [2.75, 3.05) is 5.73 Å². The molecule has 1 aliphatic rings. The van der Waals surface area contributed by atoms with Crippen LogP contribution in [0.2, 0.25) is 5.02 Å². The van der Waals surface area contributed by atoms with Crippen LogP contribution in [-0.4, -0.2) is 16.9 Å². The first kappa shape index (κ1) is 13.1. The SMILES string of the molecule is CC1CCC(NC(=O)c2nc(N)ccc2Cl)C1C. The van der Waals surface area contributed by atoms with E-state index in [1.165, 1.54) is 0 Å². The lowest BCUT2D eigenvalue weighted by molar-refractivity contribution is 0.0922. The van der Waals surface area contributed by atoms with E-state index in [1.807, 2.05) is 0 Å². The first-order valence-electron chi connectivity index (χ1n) is 6.22. The van der Waals surface area contributed by atoms with Crippen molar-refractivity contribution in [2.45, 2.75) is 32.7 Å². The summed E-state index contributed by atoms with van der Waals surface area (Å²) in [5.41, 5.74) is 5.78. The number of pyridine rings is 1. The molecule has 1 fully saturated rings. The van der Waals surface area contributed by atoms with Crippen LogP contribution >= 0.6 is 11.6 Å². The summed E-state index contributed by atoms with van der Waals surface area (Å²) in [4.78, 5) is 16.1. The third-order valence-corrected chi connectivity index (χ3v) is 4.17. The van der Waals surface area contributed by atoms with Gasteiger partial charge in [-0.1, -0.05) is 25.4 Å². The summed E-state index contributed by atoms with van der Waals surface area (Å²) in [6, 6.07) is 3.38. The smallest absolute Gasteiger partial charge is 0.271 e. The summed E-state index contributed by atoms with van der Waals surface area (Å²) in [5, 5.41) is 3.34. The average molecular weight is 268 g/mol. The van der Waals surface area contributed by atoms with E-state index in [0.29, 0.717) is 22.7 Å². The van der Waals surface area contributed by atoms with Gasteiger partial charge >= 0.3 is 0 Å². The number of rotatable bonds is 2. The zero-order valence-electron chi connectivity index (χ0n) is 10.6. The number of nitrogens with zero attached hydrogens (tertiary/aromatic N) is 1. The Morgan fingerprint density at radius 2 is 2.17 bits per heavy atom. The number of hydrogen-bond donors (Lipinski definition) is 2. The number of amides is 1. The molecule has 5 heteroatoms. The molecular weight excluding hydrogens is 250 g/mol. The molecular formula is C13H18ClN3O. The van der Waals surface area contributed by atoms with Crippen molar-refractivity contribution in [1.82, 2.24) is 10.3 Å². The van der Waals surface area contributed by atoms with Crippen molar-refractivity contribution in [2.24, 2.45) is 11.8 Å². The number of hydrogen-bond acceptors (Lipinski definition) is 3. The summed E-state index contributed by atoms with van der Waals surface area (Å²) < 4.78 is 0. The Morgan fingerprint density at radius 1 is 1.44 bits per heavy atom. The van der Waals surface area contributed by atoms with E-state index < -0.39 is 0 Å². The number of nitrogen functional groups attached to an aromatic ring is 1. The molecule has 98 valence electrons. The standard InChI is InChI=1S/C13H18ClN3O/c1-7-3-5-10(8(7)2)16-13(18)12-9(14)4-6-11(15)17-12/h4,6-8,10H,3,5H2,1-2H3,(H2,15,17)(H,16,18). The zero-order valence-corrected chi connectivity index (χ0v) is 11.4. The lowest BCUT2D eigenvalue weighted by atomic mass is 9.98. The second-order valence-corrected chi connectivity index (χ2v) is 5.47. The third-order valence-electron chi connectivity index (χ3n) is 3.86. The monoisotopic (exact) mass is 267 g/mol. The highest BCUT2D eigenvalue weighted by Gasteiger charge is 2.31. The molecule has 3 N–H and O–H groups in total. The Labute approximate surface area is 112 Å². The Morgan fingerprint density at radius 3 is 2.78 bits per heavy atom. The van der Waals surface area contributed by atoms with E-state index in [4.69, 9.17) is 17.3 Å². The molecule has 0 saturated heterocycles. The highest BCUT2D eigenvalue weighted by molar-refractivity contribution is 6.33. The van der Waals surface area contributed by atoms with Crippen LogP contribution in [0.5, 0.6) is 0 Å². The van der Waals surface area contributed by atoms with E-state index in [0.717, 1.165) is 12.8 Å². The molecule has 2 rings (SSSR count). The molecule has 0 spiro atoms. The van der Waals surface area contributed by atoms with Gasteiger partial charge in [-0.05, 0) is 36.8 Å². The highest BCUT2D eigenvalue weighted by Crippen LogP contribution is 2.31. The van der Waals surface area contributed by atoms with E-state index in [-0.39, 0.29) is 17.6 Å². The molecule has 1 saturated carbocycles. The van der Waals surface area contributed by atoms with Crippen LogP contribution in [0.3, 0.4) is 0 Å². The van der Waals surface area contributed by atoms with Gasteiger partial charge in [0.25, 0.3) is 5.91 Å². The van der Waals surface area contributed by atoms with E-state index >= 15 is 0 Å². The number of carbonyl (C=O) groups excluding carboxylic acids is 1. The molecule has 1 aromatic heterocycles. The van der Waals surface area contributed by atoms with Crippen molar-refractivity contribution in [3.05, 3.63) is 22.8 Å². The molecule has 0 radical (unpaired) electrons. The molecule has 1 aliphatic carbocycles. The minimum Gasteiger partial charge on any atom is -0.384 e. The molecule has 1 aromatic rings. The Balaban J connectivity index is 2.10. The van der Waals surface area contributed by atoms with Crippen molar-refractivity contribution >= 4 is 23.3 Å². The maximum atomic E-state index is 12.1. The summed E-state index contributed by atoms with van der Waals surface area (Å²) in [7, 11) is 0. The van der Waals surface area contributed by atoms with Gasteiger partial charge in [-0.3, -0.25) is 4.79 Å². The minimum absolute atomic E-state index is 0.201. The van der Waals surface area contributed by atoms with Crippen LogP contribution in [0.25, 0.3) is 0 Å². The summed E-state index contributed by atoms with van der Waals surface area (Å²) in [6.07, 6.45) is 2.15. The van der Waals surface area contributed by atoms with Crippen molar-refractivity contribution in [1.29, 1.82) is 0 Å². The third kappa shape index (κ3) is 2.58. The van der Waals surface area contributed by atoms with E-state index in [1.54, 1.807) is 12.1 Å². The number of nitrogens with two attached hydrogens (primary N) is 1. The quantitative estimate of drug-likeness (QED) is 0.865. The van der Waals surface area contributed by atoms with Gasteiger partial charge in [0, 0.05) is 6.04 Å². The molecule has 3 atom stereocenters. The lowest BCUT2D eigenvalue weighted by Crippen LogP contribution is -2.37. The van der Waals surface area contributed by atoms with Crippen LogP contribution in [0.1, 0.15) is 37.2 Å². The zero-order chi connectivity index (χ0) is 13.3. The Bertz CT molecular complexity index is 464. The van der Waals surface area contributed by atoms with Gasteiger partial charge < -0.3 is 11.1 Å². The number of carbonyl (C=O) groups is 1. The second kappa shape index (κ2) is 5.14.